The molecule has 0 bridgehead atoms. The maximum Gasteiger partial charge on any atom is 0.332 e. The van der Waals surface area contributed by atoms with Crippen LogP contribution in [0.15, 0.2) is 0 Å². The highest BCUT2D eigenvalue weighted by Gasteiger charge is 2.11. The first-order chi connectivity index (χ1) is 6.18. The highest BCUT2D eigenvalue weighted by Crippen LogP contribution is 2.08. The number of unbranched alkanes of at least 4 members (excludes halogenated alkanes) is 5. The van der Waals surface area contributed by atoms with Crippen LogP contribution in [0.25, 0.3) is 0 Å². The van der Waals surface area contributed by atoms with E-state index in [1.54, 1.807) is 0 Å². The Bertz CT molecular complexity index is 134. The average Bonchev–Trinajstić information content (AvgIpc) is 2.10. The lowest BCUT2D eigenvalue weighted by Gasteiger charge is -2.04. The van der Waals surface area contributed by atoms with E-state index in [0.29, 0.717) is 6.42 Å². The summed E-state index contributed by atoms with van der Waals surface area (Å²) < 4.78 is 0. The van der Waals surface area contributed by atoms with Gasteiger partial charge in [0.1, 0.15) is 0 Å². The van der Waals surface area contributed by atoms with E-state index >= 15 is 0 Å². The molecule has 0 heterocycles. The number of aliphatic hydroxyl groups excluding tert-OH is 1. The monoisotopic (exact) mass is 187 g/mol. The van der Waals surface area contributed by atoms with Gasteiger partial charge in [0.25, 0.3) is 0 Å². The van der Waals surface area contributed by atoms with Gasteiger partial charge in [-0.05, 0) is 6.42 Å². The third-order valence-electron chi connectivity index (χ3n) is 2.01. The summed E-state index contributed by atoms with van der Waals surface area (Å²) in [5, 5.41) is 17.3. The lowest BCUT2D eigenvalue weighted by molar-refractivity contribution is -0.146. The van der Waals surface area contributed by atoms with Gasteiger partial charge < -0.3 is 10.2 Å². The number of aliphatic hydroxyl groups is 1. The molecule has 0 amide bonds. The van der Waals surface area contributed by atoms with Crippen LogP contribution >= 0.6 is 0 Å². The summed E-state index contributed by atoms with van der Waals surface area (Å²) in [5.74, 6) is -1.11. The minimum absolute atomic E-state index is 0.375. The Morgan fingerprint density at radius 2 is 1.69 bits per heavy atom. The van der Waals surface area contributed by atoms with E-state index in [9.17, 15) is 4.79 Å². The van der Waals surface area contributed by atoms with E-state index in [-0.39, 0.29) is 0 Å². The van der Waals surface area contributed by atoms with Gasteiger partial charge in [0.05, 0.1) is 0 Å². The van der Waals surface area contributed by atoms with Gasteiger partial charge in [-0.25, -0.2) is 4.79 Å². The number of rotatable bonds is 8. The minimum atomic E-state index is -1.17. The summed E-state index contributed by atoms with van der Waals surface area (Å²) in [5.41, 5.74) is 0. The zero-order valence-corrected chi connectivity index (χ0v) is 8.04. The molecule has 1 radical (unpaired) electrons. The fourth-order valence-electron chi connectivity index (χ4n) is 1.17. The Morgan fingerprint density at radius 1 is 1.15 bits per heavy atom. The number of carbonyl (C=O) groups is 1. The topological polar surface area (TPSA) is 57.5 Å². The molecule has 3 nitrogen and oxygen atoms in total. The molecule has 0 saturated heterocycles. The first kappa shape index (κ1) is 12.4. The van der Waals surface area contributed by atoms with Crippen molar-refractivity contribution in [2.45, 2.75) is 51.0 Å². The van der Waals surface area contributed by atoms with Crippen LogP contribution in [0.1, 0.15) is 44.9 Å². The van der Waals surface area contributed by atoms with Crippen LogP contribution in [0.3, 0.4) is 0 Å². The smallest absolute Gasteiger partial charge is 0.332 e. The van der Waals surface area contributed by atoms with Gasteiger partial charge in [0.15, 0.2) is 6.10 Å². The van der Waals surface area contributed by atoms with Crippen LogP contribution in [0.2, 0.25) is 0 Å². The number of hydrogen-bond acceptors (Lipinski definition) is 2. The maximum absolute atomic E-state index is 10.2. The maximum atomic E-state index is 10.2. The van der Waals surface area contributed by atoms with Gasteiger partial charge in [-0.15, -0.1) is 0 Å². The number of carboxylic acids is 1. The second-order valence-electron chi connectivity index (χ2n) is 3.26. The van der Waals surface area contributed by atoms with Crippen molar-refractivity contribution in [3.05, 3.63) is 6.92 Å². The van der Waals surface area contributed by atoms with Gasteiger partial charge in [-0.3, -0.25) is 0 Å². The number of carboxylic acid groups (broad SMARTS) is 1. The second kappa shape index (κ2) is 8.05. The van der Waals surface area contributed by atoms with Crippen LogP contribution in [0.4, 0.5) is 0 Å². The van der Waals surface area contributed by atoms with Gasteiger partial charge in [-0.1, -0.05) is 45.4 Å². The predicted molar refractivity (Wildman–Crippen MR) is 51.3 cm³/mol. The molecule has 3 heteroatoms. The van der Waals surface area contributed by atoms with Gasteiger partial charge in [0, 0.05) is 0 Å². The van der Waals surface area contributed by atoms with Crippen molar-refractivity contribution < 1.29 is 15.0 Å². The summed E-state index contributed by atoms with van der Waals surface area (Å²) in [4.78, 5) is 10.2. The number of aliphatic carboxylic acids is 1. The summed E-state index contributed by atoms with van der Waals surface area (Å²) >= 11 is 0. The molecule has 0 fully saturated rings. The Balaban J connectivity index is 3.11. The van der Waals surface area contributed by atoms with Crippen LogP contribution in [0, 0.1) is 6.92 Å². The van der Waals surface area contributed by atoms with Crippen molar-refractivity contribution in [3.63, 3.8) is 0 Å². The zero-order chi connectivity index (χ0) is 10.1. The summed E-state index contributed by atoms with van der Waals surface area (Å²) in [7, 11) is 0. The molecular formula is C10H19O3. The van der Waals surface area contributed by atoms with E-state index in [2.05, 4.69) is 6.92 Å². The largest absolute Gasteiger partial charge is 0.479 e. The first-order valence-electron chi connectivity index (χ1n) is 4.88. The molecule has 1 atom stereocenters. The van der Waals surface area contributed by atoms with Crippen molar-refractivity contribution in [3.8, 4) is 0 Å². The lowest BCUT2D eigenvalue weighted by atomic mass is 10.1. The van der Waals surface area contributed by atoms with E-state index in [1.165, 1.54) is 0 Å². The number of hydrogen-bond donors (Lipinski definition) is 2. The van der Waals surface area contributed by atoms with Crippen LogP contribution < -0.4 is 0 Å². The molecule has 0 spiro atoms. The molecule has 2 N–H and O–H groups in total. The SMILES string of the molecule is [CH2]CCCCCCCC(O)C(=O)O. The fourth-order valence-corrected chi connectivity index (χ4v) is 1.17. The minimum Gasteiger partial charge on any atom is -0.479 e. The summed E-state index contributed by atoms with van der Waals surface area (Å²) in [6.45, 7) is 3.74. The van der Waals surface area contributed by atoms with Crippen LogP contribution in [-0.2, 0) is 4.79 Å². The van der Waals surface area contributed by atoms with Gasteiger partial charge >= 0.3 is 5.97 Å². The van der Waals surface area contributed by atoms with Crippen molar-refractivity contribution >= 4 is 5.97 Å². The van der Waals surface area contributed by atoms with Crippen molar-refractivity contribution in [2.75, 3.05) is 0 Å². The normalized spacial score (nSPS) is 12.8. The third-order valence-corrected chi connectivity index (χ3v) is 2.01. The molecule has 77 valence electrons. The Kier molecular flexibility index (Phi) is 7.69. The Morgan fingerprint density at radius 3 is 2.23 bits per heavy atom. The fraction of sp³-hybridized carbons (Fsp3) is 0.800. The Hall–Kier alpha value is -0.570. The molecule has 0 aliphatic carbocycles. The molecule has 0 aromatic heterocycles. The van der Waals surface area contributed by atoms with Crippen molar-refractivity contribution in [2.24, 2.45) is 0 Å². The standard InChI is InChI=1S/C10H19O3/c1-2-3-4-5-6-7-8-9(11)10(12)13/h9,11H,1-8H2,(H,12,13). The van der Waals surface area contributed by atoms with Crippen LogP contribution in [0.5, 0.6) is 0 Å². The molecule has 0 saturated carbocycles. The van der Waals surface area contributed by atoms with Crippen molar-refractivity contribution in [1.29, 1.82) is 0 Å². The van der Waals surface area contributed by atoms with Crippen LogP contribution in [-0.4, -0.2) is 22.3 Å². The van der Waals surface area contributed by atoms with E-state index in [4.69, 9.17) is 10.2 Å². The molecule has 1 unspecified atom stereocenters. The summed E-state index contributed by atoms with van der Waals surface area (Å²) in [6.07, 6.45) is 5.38. The Labute approximate surface area is 79.8 Å². The quantitative estimate of drug-likeness (QED) is 0.571. The molecule has 13 heavy (non-hydrogen) atoms. The molecule has 0 aliphatic heterocycles. The van der Waals surface area contributed by atoms with Crippen molar-refractivity contribution in [1.82, 2.24) is 0 Å². The molecule has 0 aliphatic rings. The molecule has 0 aromatic rings. The molecule has 0 aromatic carbocycles. The average molecular weight is 187 g/mol. The highest BCUT2D eigenvalue weighted by atomic mass is 16.4. The second-order valence-corrected chi connectivity index (χ2v) is 3.26. The predicted octanol–water partition coefficient (Wildman–Crippen LogP) is 2.00. The third kappa shape index (κ3) is 7.78. The first-order valence-corrected chi connectivity index (χ1v) is 4.88. The summed E-state index contributed by atoms with van der Waals surface area (Å²) in [6, 6.07) is 0. The van der Waals surface area contributed by atoms with E-state index in [0.717, 1.165) is 38.5 Å². The molecule has 0 rings (SSSR count). The molecular weight excluding hydrogens is 168 g/mol. The van der Waals surface area contributed by atoms with Gasteiger partial charge in [0.2, 0.25) is 0 Å². The zero-order valence-electron chi connectivity index (χ0n) is 8.04. The van der Waals surface area contributed by atoms with E-state index < -0.39 is 12.1 Å². The highest BCUT2D eigenvalue weighted by molar-refractivity contribution is 5.71. The van der Waals surface area contributed by atoms with E-state index in [1.807, 2.05) is 0 Å². The van der Waals surface area contributed by atoms with Gasteiger partial charge in [-0.2, -0.15) is 0 Å². The lowest BCUT2D eigenvalue weighted by Crippen LogP contribution is -2.18.